The van der Waals surface area contributed by atoms with E-state index in [2.05, 4.69) is 259 Å². The Hall–Kier alpha value is -8.44. The van der Waals surface area contributed by atoms with E-state index in [4.69, 9.17) is 18.1 Å². The van der Waals surface area contributed by atoms with Crippen LogP contribution >= 0.6 is 15.5 Å². The van der Waals surface area contributed by atoms with Gasteiger partial charge in [-0.25, -0.2) is 9.13 Å². The second-order valence-corrected chi connectivity index (χ2v) is 30.6. The molecule has 500 valence electrons. The first kappa shape index (κ1) is 66.8. The Kier molecular flexibility index (Phi) is 18.4. The summed E-state index contributed by atoms with van der Waals surface area (Å²) in [5.74, 6) is 0.908. The Morgan fingerprint density at radius 2 is 0.633 bits per heavy atom. The average Bonchev–Trinajstić information content (AvgIpc) is 1.39. The molecule has 0 saturated heterocycles. The van der Waals surface area contributed by atoms with Crippen molar-refractivity contribution >= 4 is 53.4 Å². The average molecular weight is 1330 g/mol. The third-order valence-corrected chi connectivity index (χ3v) is 25.3. The van der Waals surface area contributed by atoms with Crippen LogP contribution in [-0.2, 0) is 90.7 Å². The summed E-state index contributed by atoms with van der Waals surface area (Å²) in [6.07, 6.45) is 9.41. The largest absolute Gasteiger partial charge is 0.524 e. The highest BCUT2D eigenvalue weighted by atomic mass is 31.3. The molecule has 7 nitrogen and oxygen atoms in total. The van der Waals surface area contributed by atoms with Crippen molar-refractivity contribution in [3.8, 4) is 61.8 Å². The van der Waals surface area contributed by atoms with Gasteiger partial charge in [0, 0.05) is 44.9 Å². The molecule has 9 heteroatoms. The number of nitrogens with one attached hydrogen (secondary N) is 1. The molecule has 0 bridgehead atoms. The van der Waals surface area contributed by atoms with E-state index in [0.717, 1.165) is 215 Å². The highest BCUT2D eigenvalue weighted by molar-refractivity contribution is 7.68. The topological polar surface area (TPSA) is 83.1 Å². The summed E-state index contributed by atoms with van der Waals surface area (Å²) < 4.78 is 67.8. The van der Waals surface area contributed by atoms with Crippen LogP contribution in [0.1, 0.15) is 191 Å². The first-order valence-corrected chi connectivity index (χ1v) is 39.6. The molecular formula is C89H93NO6P2. The van der Waals surface area contributed by atoms with E-state index in [1.165, 1.54) is 33.4 Å². The van der Waals surface area contributed by atoms with E-state index in [9.17, 15) is 0 Å². The third-order valence-electron chi connectivity index (χ3n) is 21.6. The molecule has 1 N–H and O–H groups in total. The van der Waals surface area contributed by atoms with Crippen molar-refractivity contribution < 1.29 is 27.2 Å². The van der Waals surface area contributed by atoms with Gasteiger partial charge in [-0.3, -0.25) is 0 Å². The van der Waals surface area contributed by atoms with E-state index >= 15 is 9.13 Å². The number of rotatable bonds is 18. The maximum absolute atomic E-state index is 18.4. The van der Waals surface area contributed by atoms with Crippen molar-refractivity contribution in [2.45, 2.75) is 179 Å². The molecule has 0 radical (unpaired) electrons. The fourth-order valence-electron chi connectivity index (χ4n) is 16.8. The molecule has 14 rings (SSSR count). The molecule has 3 unspecified atom stereocenters. The van der Waals surface area contributed by atoms with Gasteiger partial charge in [0.15, 0.2) is 0 Å². The summed E-state index contributed by atoms with van der Waals surface area (Å²) >= 11 is 0. The summed E-state index contributed by atoms with van der Waals surface area (Å²) in [5, 5.41) is 5.68. The van der Waals surface area contributed by atoms with Gasteiger partial charge in [0.05, 0.1) is 0 Å². The minimum Gasteiger partial charge on any atom is -0.407 e. The highest BCUT2D eigenvalue weighted by Gasteiger charge is 2.52. The molecule has 11 aromatic carbocycles. The first-order valence-electron chi connectivity index (χ1n) is 36.5. The van der Waals surface area contributed by atoms with Gasteiger partial charge in [0.1, 0.15) is 23.0 Å². The first-order chi connectivity index (χ1) is 47.6. The summed E-state index contributed by atoms with van der Waals surface area (Å²) in [4.78, 5) is 3.33. The van der Waals surface area contributed by atoms with E-state index in [0.29, 0.717) is 23.0 Å². The van der Waals surface area contributed by atoms with Crippen molar-refractivity contribution in [3.63, 3.8) is 0 Å². The van der Waals surface area contributed by atoms with Crippen LogP contribution in [-0.4, -0.2) is 0 Å². The molecule has 0 spiro atoms. The van der Waals surface area contributed by atoms with Gasteiger partial charge in [-0.15, -0.1) is 0 Å². The minimum absolute atomic E-state index is 0.191. The molecule has 2 aliphatic heterocycles. The van der Waals surface area contributed by atoms with Gasteiger partial charge < -0.3 is 18.1 Å². The number of hydrogen-bond donors (Lipinski definition) is 1. The second-order valence-electron chi connectivity index (χ2n) is 27.0. The second kappa shape index (κ2) is 27.0. The number of allylic oxidation sites excluding steroid dienone is 1. The monoisotopic (exact) mass is 1330 g/mol. The Bertz CT molecular complexity index is 4910. The highest BCUT2D eigenvalue weighted by Crippen LogP contribution is 2.70. The molecule has 1 aliphatic carbocycles. The molecule has 98 heavy (non-hydrogen) atoms. The zero-order chi connectivity index (χ0) is 68.5. The summed E-state index contributed by atoms with van der Waals surface area (Å²) in [6, 6.07) is 59.5. The van der Waals surface area contributed by atoms with Gasteiger partial charge >= 0.3 is 15.5 Å². The maximum atomic E-state index is 18.4. The lowest BCUT2D eigenvalue weighted by atomic mass is 9.68. The van der Waals surface area contributed by atoms with Gasteiger partial charge in [0.2, 0.25) is 0 Å². The summed E-state index contributed by atoms with van der Waals surface area (Å²) in [7, 11) is -10.4. The summed E-state index contributed by atoms with van der Waals surface area (Å²) in [5.41, 5.74) is 26.0. The van der Waals surface area contributed by atoms with E-state index in [1.807, 2.05) is 0 Å². The Morgan fingerprint density at radius 3 is 0.990 bits per heavy atom. The Labute approximate surface area is 581 Å². The normalized spacial score (nSPS) is 16.8. The number of fused-ring (bicyclic) bond motifs is 13. The molecule has 0 amide bonds. The predicted octanol–water partition coefficient (Wildman–Crippen LogP) is 24.9. The lowest BCUT2D eigenvalue weighted by Gasteiger charge is -2.37. The van der Waals surface area contributed by atoms with Crippen molar-refractivity contribution in [2.24, 2.45) is 0 Å². The number of aryl methyl sites for hydroxylation is 12. The zero-order valence-corrected chi connectivity index (χ0v) is 61.4. The predicted molar refractivity (Wildman–Crippen MR) is 411 cm³/mol. The maximum Gasteiger partial charge on any atom is 0.524 e. The van der Waals surface area contributed by atoms with Crippen LogP contribution in [0.15, 0.2) is 170 Å². The standard InChI is InChI=1S/C89H93NO6P2/c1-14-54-42-58(18-5)78(59(19-6)43-54)74-50-66-34-26-29-38-70(66)82-83-71-39-30-27-35-67(71)51-75(79-60(20-7)44-55(15-2)45-61(79)21-8)87(83)94-97(91,93-86(74)82)90-98(92)95-88-76(80-62(22-9)46-56(16-3)47-63(80)23-10)52-68-36-28-31-40-72(68)84(88)85-73-41-33-32-37-69(73)53(13)77(89(85)96-98)81-64(24-11)48-57(17-4)49-65(81)25-12/h26-53,77H,14-25H2,1-13H3,(H,90,91,92). The molecule has 0 saturated carbocycles. The quantitative estimate of drug-likeness (QED) is 0.0857. The van der Waals surface area contributed by atoms with Gasteiger partial charge in [-0.05, 0) is 234 Å². The lowest BCUT2D eigenvalue weighted by Crippen LogP contribution is -2.25. The Morgan fingerprint density at radius 1 is 0.327 bits per heavy atom. The van der Waals surface area contributed by atoms with Crippen molar-refractivity contribution in [1.82, 2.24) is 4.86 Å². The van der Waals surface area contributed by atoms with E-state index in [1.54, 1.807) is 0 Å². The summed E-state index contributed by atoms with van der Waals surface area (Å²) in [6.45, 7) is 28.9. The SMILES string of the molecule is CCc1cc(CC)c(-c2cc3ccccc3c3c2OP(=O)(NP2(=O)Oc4c(-c5c(CC)cc(CC)cc5CC)cc5ccccc5c4-c4c(c(-c5c(CC)cc(CC)cc5CC)cc5ccccc45)O2)OC2=C3c3ccccc3C(C)C2c2c(CC)cc(CC)cc2CC)c(CC)c1. The van der Waals surface area contributed by atoms with E-state index < -0.39 is 21.4 Å². The molecule has 3 atom stereocenters. The lowest BCUT2D eigenvalue weighted by molar-refractivity contribution is 0.297. The van der Waals surface area contributed by atoms with Gasteiger partial charge in [-0.2, -0.15) is 0 Å². The van der Waals surface area contributed by atoms with Crippen LogP contribution in [0, 0.1) is 0 Å². The van der Waals surface area contributed by atoms with E-state index in [-0.39, 0.29) is 5.92 Å². The van der Waals surface area contributed by atoms with Crippen LogP contribution in [0.3, 0.4) is 0 Å². The van der Waals surface area contributed by atoms with Gasteiger partial charge in [0.25, 0.3) is 0 Å². The van der Waals surface area contributed by atoms with Crippen LogP contribution < -0.4 is 18.4 Å². The smallest absolute Gasteiger partial charge is 0.407 e. The van der Waals surface area contributed by atoms with Gasteiger partial charge in [-0.1, -0.05) is 240 Å². The fraction of sp³-hybridized carbons (Fsp3) is 0.303. The molecule has 0 fully saturated rings. The molecule has 0 aromatic heterocycles. The van der Waals surface area contributed by atoms with Crippen LogP contribution in [0.4, 0.5) is 0 Å². The number of hydrogen-bond acceptors (Lipinski definition) is 6. The van der Waals surface area contributed by atoms with Crippen LogP contribution in [0.2, 0.25) is 0 Å². The Balaban J connectivity index is 1.14. The fourth-order valence-corrected chi connectivity index (χ4v) is 20.5. The van der Waals surface area contributed by atoms with Crippen LogP contribution in [0.25, 0.3) is 82.4 Å². The zero-order valence-electron chi connectivity index (χ0n) is 59.6. The van der Waals surface area contributed by atoms with Crippen molar-refractivity contribution in [3.05, 3.63) is 259 Å². The van der Waals surface area contributed by atoms with Crippen LogP contribution in [0.5, 0.6) is 17.2 Å². The van der Waals surface area contributed by atoms with Crippen molar-refractivity contribution in [1.29, 1.82) is 0 Å². The van der Waals surface area contributed by atoms with Crippen molar-refractivity contribution in [2.75, 3.05) is 0 Å². The molecule has 2 heterocycles. The third kappa shape index (κ3) is 11.2. The number of benzene rings is 11. The molecule has 11 aromatic rings. The molecular weight excluding hydrogens is 1240 g/mol. The molecule has 3 aliphatic rings. The minimum atomic E-state index is -5.19.